The third-order valence-corrected chi connectivity index (χ3v) is 12.7. The summed E-state index contributed by atoms with van der Waals surface area (Å²) in [5, 5.41) is 28.5. The molecule has 15 heteroatoms. The van der Waals surface area contributed by atoms with E-state index in [1.54, 1.807) is 64.1 Å². The number of nitrogens with one attached hydrogen (secondary N) is 4. The number of rotatable bonds is 22. The summed E-state index contributed by atoms with van der Waals surface area (Å²) in [6, 6.07) is 23.6. The Balaban J connectivity index is 0.00000108. The predicted octanol–water partition coefficient (Wildman–Crippen LogP) is 14.9. The molecular formula is C69H94F4N8O3. The van der Waals surface area contributed by atoms with Gasteiger partial charge in [-0.3, -0.25) is 9.69 Å². The molecule has 2 amide bonds. The fourth-order valence-corrected chi connectivity index (χ4v) is 7.87. The zero-order valence-corrected chi connectivity index (χ0v) is 52.6. The molecule has 1 unspecified atom stereocenters. The Morgan fingerprint density at radius 2 is 1.30 bits per heavy atom. The van der Waals surface area contributed by atoms with Crippen LogP contribution in [0.3, 0.4) is 0 Å². The Kier molecular flexibility index (Phi) is 37.1. The first-order valence-corrected chi connectivity index (χ1v) is 27.7. The highest BCUT2D eigenvalue weighted by Crippen LogP contribution is 2.44. The molecule has 0 radical (unpaired) electrons. The first kappa shape index (κ1) is 76.0. The molecule has 4 aromatic rings. The smallest absolute Gasteiger partial charge is 0.323 e. The van der Waals surface area contributed by atoms with Crippen molar-refractivity contribution in [2.24, 2.45) is 5.92 Å². The van der Waals surface area contributed by atoms with E-state index in [1.807, 2.05) is 58.4 Å². The minimum absolute atomic E-state index is 0.0417. The number of hydrogen-bond acceptors (Lipinski definition) is 8. The average Bonchev–Trinajstić information content (AvgIpc) is 3.82. The predicted molar refractivity (Wildman–Crippen MR) is 345 cm³/mol. The van der Waals surface area contributed by atoms with Gasteiger partial charge in [0.15, 0.2) is 0 Å². The van der Waals surface area contributed by atoms with E-state index in [2.05, 4.69) is 125 Å². The number of carbonyl (C=O) groups excluding carboxylic acids is 1. The Morgan fingerprint density at radius 3 is 1.62 bits per heavy atom. The number of aryl methyl sites for hydroxylation is 1. The van der Waals surface area contributed by atoms with Crippen molar-refractivity contribution in [3.8, 4) is 6.07 Å². The number of nitriles is 1. The number of carboxylic acid groups (broad SMARTS) is 1. The van der Waals surface area contributed by atoms with E-state index in [0.717, 1.165) is 53.1 Å². The van der Waals surface area contributed by atoms with Gasteiger partial charge < -0.3 is 36.2 Å². The van der Waals surface area contributed by atoms with E-state index in [1.165, 1.54) is 69.5 Å². The molecular weight excluding hydrogens is 1060 g/mol. The van der Waals surface area contributed by atoms with Crippen LogP contribution in [0.1, 0.15) is 105 Å². The van der Waals surface area contributed by atoms with Crippen LogP contribution in [0, 0.1) is 47.4 Å². The number of nitrogens with zero attached hydrogens (tertiary/aromatic N) is 4. The minimum atomic E-state index is -0.822. The van der Waals surface area contributed by atoms with Gasteiger partial charge in [0, 0.05) is 82.3 Å². The lowest BCUT2D eigenvalue weighted by Gasteiger charge is -2.24. The summed E-state index contributed by atoms with van der Waals surface area (Å²) in [7, 11) is 14.1. The van der Waals surface area contributed by atoms with Crippen LogP contribution < -0.4 is 21.3 Å². The van der Waals surface area contributed by atoms with E-state index in [9.17, 15) is 27.2 Å². The first-order valence-electron chi connectivity index (χ1n) is 27.7. The Labute approximate surface area is 500 Å². The zero-order chi connectivity index (χ0) is 64.2. The molecule has 0 aromatic heterocycles. The number of halogens is 4. The largest absolute Gasteiger partial charge is 0.480 e. The van der Waals surface area contributed by atoms with Crippen LogP contribution >= 0.6 is 0 Å². The van der Waals surface area contributed by atoms with Gasteiger partial charge in [-0.2, -0.15) is 5.26 Å². The summed E-state index contributed by atoms with van der Waals surface area (Å²) >= 11 is 0. The molecule has 4 aromatic carbocycles. The van der Waals surface area contributed by atoms with Gasteiger partial charge in [-0.05, 0) is 155 Å². The maximum Gasteiger partial charge on any atom is 0.323 e. The van der Waals surface area contributed by atoms with Gasteiger partial charge >= 0.3 is 12.0 Å². The molecule has 5 N–H and O–H groups in total. The molecule has 1 aliphatic rings. The second kappa shape index (κ2) is 41.0. The van der Waals surface area contributed by atoms with Crippen molar-refractivity contribution in [2.45, 2.75) is 93.3 Å². The number of amides is 2. The molecule has 0 saturated heterocycles. The van der Waals surface area contributed by atoms with Gasteiger partial charge in [0.05, 0.1) is 18.4 Å². The molecule has 11 nitrogen and oxygen atoms in total. The summed E-state index contributed by atoms with van der Waals surface area (Å²) in [4.78, 5) is 26.6. The monoisotopic (exact) mass is 1160 g/mol. The first-order chi connectivity index (χ1) is 39.7. The normalized spacial score (nSPS) is 11.6. The van der Waals surface area contributed by atoms with Crippen LogP contribution in [0.2, 0.25) is 0 Å². The topological polar surface area (TPSA) is 136 Å². The number of hydrogen-bond donors (Lipinski definition) is 5. The van der Waals surface area contributed by atoms with Gasteiger partial charge in [-0.25, -0.2) is 22.4 Å². The van der Waals surface area contributed by atoms with E-state index in [4.69, 9.17) is 10.4 Å². The molecule has 0 spiro atoms. The van der Waals surface area contributed by atoms with E-state index in [-0.39, 0.29) is 42.8 Å². The summed E-state index contributed by atoms with van der Waals surface area (Å²) in [5.74, 6) is -1.57. The molecule has 0 heterocycles. The van der Waals surface area contributed by atoms with Crippen LogP contribution in [0.25, 0.3) is 23.3 Å². The molecule has 0 saturated carbocycles. The number of aliphatic carboxylic acids is 1. The van der Waals surface area contributed by atoms with Crippen LogP contribution in [0.5, 0.6) is 0 Å². The molecule has 0 fully saturated rings. The average molecular weight is 1160 g/mol. The number of likely N-dealkylation sites (N-methyl/N-ethyl adjacent to an activating group) is 2. The Bertz CT molecular complexity index is 2900. The number of urea groups is 1. The van der Waals surface area contributed by atoms with E-state index >= 15 is 0 Å². The quantitative estimate of drug-likeness (QED) is 0.0226. The summed E-state index contributed by atoms with van der Waals surface area (Å²) in [6.45, 7) is 33.5. The van der Waals surface area contributed by atoms with E-state index in [0.29, 0.717) is 23.1 Å². The van der Waals surface area contributed by atoms with Crippen molar-refractivity contribution in [1.82, 2.24) is 36.0 Å². The lowest BCUT2D eigenvalue weighted by Crippen LogP contribution is -2.35. The third-order valence-electron chi connectivity index (χ3n) is 12.7. The van der Waals surface area contributed by atoms with Crippen molar-refractivity contribution >= 4 is 35.3 Å². The summed E-state index contributed by atoms with van der Waals surface area (Å²) in [5.41, 5.74) is 11.5. The van der Waals surface area contributed by atoms with Crippen molar-refractivity contribution in [2.75, 3.05) is 62.9 Å². The van der Waals surface area contributed by atoms with Gasteiger partial charge in [0.2, 0.25) is 0 Å². The van der Waals surface area contributed by atoms with Crippen molar-refractivity contribution in [1.29, 1.82) is 5.26 Å². The molecule has 84 heavy (non-hydrogen) atoms. The van der Waals surface area contributed by atoms with E-state index < -0.39 is 29.2 Å². The summed E-state index contributed by atoms with van der Waals surface area (Å²) < 4.78 is 55.4. The third kappa shape index (κ3) is 27.8. The standard InChI is InChI=1S/C21H28N4O.C20H19F4N.C12H12.C7H14.C6H14N2.C3H7NO2/c1-8-19(16(3)25(7)21(26)24(5)6)18-11-9-17(10-12-18)13-20(23-4)15(2)14-22;1-4-6-16-19(23)9-14(10-20(16)24)12-25(3)11-13-7-17(21)15(5-2)18(22)8-13;1-8-4-6-11(7-5-8)12-9(2)10(12)3;1-4-5-6-7(2)3;1-4-5-6(7-2)8-3;1-4-2-3(5)6/h8-12,20,23H,1-2,13H2,3-7H3;4-10H,2,11-12H2,1,3H3;4-7H,2H2,1,3H3;4,7H,1,5-6H2,2-3H3;5,7-8H,4H2,1-3H3;4H,2H2,1H3,(H,5,6)/b19-16+;6-4+;;;;. The number of allylic oxidation sites excluding steroid dienone is 9. The second-order valence-electron chi connectivity index (χ2n) is 20.2. The second-order valence-corrected chi connectivity index (χ2v) is 20.2. The van der Waals surface area contributed by atoms with Crippen LogP contribution in [-0.2, 0) is 24.3 Å². The highest BCUT2D eigenvalue weighted by molar-refractivity contribution is 6.01. The van der Waals surface area contributed by atoms with Crippen LogP contribution in [-0.4, -0.2) is 101 Å². The highest BCUT2D eigenvalue weighted by atomic mass is 19.1. The van der Waals surface area contributed by atoms with Crippen LogP contribution in [0.4, 0.5) is 22.4 Å². The molecule has 5 rings (SSSR count). The van der Waals surface area contributed by atoms with Crippen molar-refractivity contribution in [3.63, 3.8) is 0 Å². The van der Waals surface area contributed by atoms with Gasteiger partial charge in [0.25, 0.3) is 0 Å². The maximum atomic E-state index is 13.9. The molecule has 1 atom stereocenters. The van der Waals surface area contributed by atoms with Gasteiger partial charge in [-0.1, -0.05) is 132 Å². The lowest BCUT2D eigenvalue weighted by molar-refractivity contribution is -0.135. The number of carboxylic acids is 1. The zero-order valence-electron chi connectivity index (χ0n) is 52.6. The lowest BCUT2D eigenvalue weighted by atomic mass is 9.97. The number of benzene rings is 4. The van der Waals surface area contributed by atoms with Gasteiger partial charge in [0.1, 0.15) is 23.3 Å². The minimum Gasteiger partial charge on any atom is -0.480 e. The highest BCUT2D eigenvalue weighted by Gasteiger charge is 2.24. The van der Waals surface area contributed by atoms with Crippen LogP contribution in [0.15, 0.2) is 158 Å². The molecule has 456 valence electrons. The molecule has 1 aliphatic carbocycles. The summed E-state index contributed by atoms with van der Waals surface area (Å²) in [6.07, 6.45) is 14.1. The maximum absolute atomic E-state index is 13.9. The fraction of sp³-hybridized carbons (Fsp3) is 0.348. The van der Waals surface area contributed by atoms with Gasteiger partial charge in [-0.15, -0.1) is 6.58 Å². The fourth-order valence-electron chi connectivity index (χ4n) is 7.87. The number of carbonyl (C=O) groups is 2. The van der Waals surface area contributed by atoms with Crippen molar-refractivity contribution < 1.29 is 32.3 Å². The molecule has 0 bridgehead atoms. The Hall–Kier alpha value is -8.03. The molecule has 0 aliphatic heterocycles. The Morgan fingerprint density at radius 1 is 0.798 bits per heavy atom. The SMILES string of the molecule is C=C/C(=C(/C)N(C)C(=O)N(C)C)c1ccc(CC(NC)C(=C)C#N)cc1.C=C1C(C)=C1c1ccc(C)cc1.C=CCCC(C)C.C=Cc1c(F)cc(CN(C)Cc2cc(F)c(/C=C/C)c(F)c2)cc1F.CCC=C(NC)NC.CNCC(=O)O. The van der Waals surface area contributed by atoms with Crippen molar-refractivity contribution in [3.05, 3.63) is 226 Å².